The van der Waals surface area contributed by atoms with E-state index in [2.05, 4.69) is 30.3 Å². The summed E-state index contributed by atoms with van der Waals surface area (Å²) in [6.07, 6.45) is 2.33. The molecule has 0 spiro atoms. The Balaban J connectivity index is 2.79. The normalized spacial score (nSPS) is 14.4. The number of hydrogen-bond acceptors (Lipinski definition) is 3. The second-order valence-electron chi connectivity index (χ2n) is 4.69. The summed E-state index contributed by atoms with van der Waals surface area (Å²) in [4.78, 5) is 11.2. The highest BCUT2D eigenvalue weighted by Gasteiger charge is 2.30. The Bertz CT molecular complexity index is 414. The van der Waals surface area contributed by atoms with Crippen molar-refractivity contribution in [2.24, 2.45) is 0 Å². The molecular formula is C13H23N3O2. The Morgan fingerprint density at radius 1 is 1.50 bits per heavy atom. The molecular weight excluding hydrogens is 230 g/mol. The summed E-state index contributed by atoms with van der Waals surface area (Å²) < 4.78 is 1.93. The van der Waals surface area contributed by atoms with Gasteiger partial charge in [-0.15, -0.1) is 0 Å². The largest absolute Gasteiger partial charge is 0.480 e. The average Bonchev–Trinajstić information content (AvgIpc) is 2.78. The second-order valence-corrected chi connectivity index (χ2v) is 4.69. The first kappa shape index (κ1) is 14.7. The minimum Gasteiger partial charge on any atom is -0.480 e. The highest BCUT2D eigenvalue weighted by Crippen LogP contribution is 2.13. The van der Waals surface area contributed by atoms with Gasteiger partial charge in [0.1, 0.15) is 5.54 Å². The molecule has 1 atom stereocenters. The van der Waals surface area contributed by atoms with Gasteiger partial charge in [0.05, 0.1) is 5.69 Å². The van der Waals surface area contributed by atoms with Crippen LogP contribution < -0.4 is 5.32 Å². The molecule has 0 saturated carbocycles. The zero-order chi connectivity index (χ0) is 13.8. The van der Waals surface area contributed by atoms with Gasteiger partial charge >= 0.3 is 5.97 Å². The number of aromatic nitrogens is 2. The zero-order valence-electron chi connectivity index (χ0n) is 11.7. The van der Waals surface area contributed by atoms with Crippen LogP contribution in [-0.2, 0) is 24.2 Å². The van der Waals surface area contributed by atoms with Gasteiger partial charge in [0.2, 0.25) is 0 Å². The first-order valence-corrected chi connectivity index (χ1v) is 6.44. The van der Waals surface area contributed by atoms with Gasteiger partial charge in [-0.1, -0.05) is 13.8 Å². The van der Waals surface area contributed by atoms with Crippen LogP contribution in [0.25, 0.3) is 0 Å². The molecule has 102 valence electrons. The lowest BCUT2D eigenvalue weighted by Gasteiger charge is -2.24. The Hall–Kier alpha value is -1.36. The lowest BCUT2D eigenvalue weighted by atomic mass is 9.98. The van der Waals surface area contributed by atoms with Crippen LogP contribution in [0.5, 0.6) is 0 Å². The van der Waals surface area contributed by atoms with Crippen LogP contribution in [-0.4, -0.2) is 33.4 Å². The third-order valence-electron chi connectivity index (χ3n) is 3.49. The Morgan fingerprint density at radius 3 is 2.61 bits per heavy atom. The van der Waals surface area contributed by atoms with Gasteiger partial charge in [0.25, 0.3) is 0 Å². The summed E-state index contributed by atoms with van der Waals surface area (Å²) in [7, 11) is 1.68. The highest BCUT2D eigenvalue weighted by atomic mass is 16.4. The zero-order valence-corrected chi connectivity index (χ0v) is 11.7. The third-order valence-corrected chi connectivity index (χ3v) is 3.49. The first-order chi connectivity index (χ1) is 8.46. The summed E-state index contributed by atoms with van der Waals surface area (Å²) in [6, 6.07) is 2.09. The van der Waals surface area contributed by atoms with E-state index in [0.29, 0.717) is 13.0 Å². The summed E-state index contributed by atoms with van der Waals surface area (Å²) >= 11 is 0. The fourth-order valence-electron chi connectivity index (χ4n) is 1.83. The van der Waals surface area contributed by atoms with Gasteiger partial charge in [-0.05, 0) is 39.3 Å². The van der Waals surface area contributed by atoms with Crippen LogP contribution in [0, 0.1) is 0 Å². The molecule has 2 N–H and O–H groups in total. The van der Waals surface area contributed by atoms with Crippen molar-refractivity contribution in [2.75, 3.05) is 7.05 Å². The Morgan fingerprint density at radius 2 is 2.17 bits per heavy atom. The fourth-order valence-corrected chi connectivity index (χ4v) is 1.83. The first-order valence-electron chi connectivity index (χ1n) is 6.44. The van der Waals surface area contributed by atoms with E-state index in [1.54, 1.807) is 14.0 Å². The van der Waals surface area contributed by atoms with Crippen molar-refractivity contribution < 1.29 is 9.90 Å². The SMILES string of the molecule is CCc1cc(CC)n(CCC(C)(NC)C(=O)O)n1. The number of nitrogens with zero attached hydrogens (tertiary/aromatic N) is 2. The van der Waals surface area contributed by atoms with Gasteiger partial charge in [-0.2, -0.15) is 5.10 Å². The van der Waals surface area contributed by atoms with E-state index in [9.17, 15) is 9.90 Å². The number of hydrogen-bond donors (Lipinski definition) is 2. The van der Waals surface area contributed by atoms with E-state index in [1.807, 2.05) is 4.68 Å². The summed E-state index contributed by atoms with van der Waals surface area (Å²) in [5, 5.41) is 16.6. The van der Waals surface area contributed by atoms with Crippen molar-refractivity contribution in [1.82, 2.24) is 15.1 Å². The molecule has 1 rings (SSSR count). The van der Waals surface area contributed by atoms with Gasteiger partial charge in [-0.25, -0.2) is 0 Å². The van der Waals surface area contributed by atoms with E-state index in [1.165, 1.54) is 0 Å². The average molecular weight is 253 g/mol. The number of rotatable bonds is 7. The van der Waals surface area contributed by atoms with Crippen LogP contribution >= 0.6 is 0 Å². The number of likely N-dealkylation sites (N-methyl/N-ethyl adjacent to an activating group) is 1. The van der Waals surface area contributed by atoms with Crippen molar-refractivity contribution >= 4 is 5.97 Å². The molecule has 1 aromatic heterocycles. The third kappa shape index (κ3) is 3.10. The highest BCUT2D eigenvalue weighted by molar-refractivity contribution is 5.78. The second kappa shape index (κ2) is 6.00. The van der Waals surface area contributed by atoms with Crippen molar-refractivity contribution in [1.29, 1.82) is 0 Å². The molecule has 0 bridgehead atoms. The quantitative estimate of drug-likeness (QED) is 0.772. The van der Waals surface area contributed by atoms with Crippen LogP contribution in [0.4, 0.5) is 0 Å². The predicted molar refractivity (Wildman–Crippen MR) is 70.7 cm³/mol. The van der Waals surface area contributed by atoms with Crippen molar-refractivity contribution in [3.05, 3.63) is 17.5 Å². The molecule has 5 heteroatoms. The molecule has 1 unspecified atom stereocenters. The summed E-state index contributed by atoms with van der Waals surface area (Å²) in [5.74, 6) is -0.828. The lowest BCUT2D eigenvalue weighted by Crippen LogP contribution is -2.48. The van der Waals surface area contributed by atoms with Crippen LogP contribution in [0.15, 0.2) is 6.07 Å². The molecule has 0 aromatic carbocycles. The number of carboxylic acids is 1. The molecule has 0 radical (unpaired) electrons. The number of nitrogens with one attached hydrogen (secondary N) is 1. The summed E-state index contributed by atoms with van der Waals surface area (Å²) in [6.45, 7) is 6.47. The molecule has 0 saturated heterocycles. The molecule has 0 fully saturated rings. The van der Waals surface area contributed by atoms with Gasteiger partial charge < -0.3 is 10.4 Å². The standard InChI is InChI=1S/C13H23N3O2/c1-5-10-9-11(6-2)16(15-10)8-7-13(3,14-4)12(17)18/h9,14H,5-8H2,1-4H3,(H,17,18). The minimum absolute atomic E-state index is 0.511. The molecule has 18 heavy (non-hydrogen) atoms. The fraction of sp³-hybridized carbons (Fsp3) is 0.692. The topological polar surface area (TPSA) is 67.2 Å². The van der Waals surface area contributed by atoms with Crippen LogP contribution in [0.2, 0.25) is 0 Å². The van der Waals surface area contributed by atoms with Crippen molar-refractivity contribution in [3.8, 4) is 0 Å². The van der Waals surface area contributed by atoms with Crippen LogP contribution in [0.3, 0.4) is 0 Å². The molecule has 0 aliphatic rings. The van der Waals surface area contributed by atoms with Crippen molar-refractivity contribution in [3.63, 3.8) is 0 Å². The maximum atomic E-state index is 11.2. The molecule has 1 heterocycles. The van der Waals surface area contributed by atoms with Gasteiger partial charge in [-0.3, -0.25) is 9.48 Å². The molecule has 0 aliphatic heterocycles. The Kier molecular flexibility index (Phi) is 4.90. The van der Waals surface area contributed by atoms with Crippen LogP contribution in [0.1, 0.15) is 38.6 Å². The maximum Gasteiger partial charge on any atom is 0.323 e. The van der Waals surface area contributed by atoms with E-state index in [-0.39, 0.29) is 0 Å². The van der Waals surface area contributed by atoms with E-state index < -0.39 is 11.5 Å². The summed E-state index contributed by atoms with van der Waals surface area (Å²) in [5.41, 5.74) is 1.33. The lowest BCUT2D eigenvalue weighted by molar-refractivity contribution is -0.144. The smallest absolute Gasteiger partial charge is 0.323 e. The minimum atomic E-state index is -0.899. The predicted octanol–water partition coefficient (Wildman–Crippen LogP) is 1.46. The monoisotopic (exact) mass is 253 g/mol. The number of carboxylic acid groups (broad SMARTS) is 1. The van der Waals surface area contributed by atoms with E-state index in [0.717, 1.165) is 24.2 Å². The van der Waals surface area contributed by atoms with E-state index >= 15 is 0 Å². The molecule has 5 nitrogen and oxygen atoms in total. The molecule has 0 aliphatic carbocycles. The number of aliphatic carboxylic acids is 1. The Labute approximate surface area is 108 Å². The maximum absolute atomic E-state index is 11.2. The number of aryl methyl sites for hydroxylation is 3. The number of carbonyl (C=O) groups is 1. The van der Waals surface area contributed by atoms with Crippen molar-refractivity contribution in [2.45, 2.75) is 52.1 Å². The van der Waals surface area contributed by atoms with E-state index in [4.69, 9.17) is 0 Å². The van der Waals surface area contributed by atoms with Gasteiger partial charge in [0.15, 0.2) is 0 Å². The van der Waals surface area contributed by atoms with Gasteiger partial charge in [0, 0.05) is 12.2 Å². The molecule has 1 aromatic rings. The molecule has 0 amide bonds.